The van der Waals surface area contributed by atoms with Crippen LogP contribution in [0.1, 0.15) is 32.3 Å². The van der Waals surface area contributed by atoms with Gasteiger partial charge in [-0.15, -0.1) is 6.42 Å². The molecule has 27 heavy (non-hydrogen) atoms. The van der Waals surface area contributed by atoms with Crippen molar-refractivity contribution in [1.82, 2.24) is 15.5 Å². The molecule has 1 saturated heterocycles. The second-order valence-corrected chi connectivity index (χ2v) is 7.44. The molecule has 0 spiro atoms. The van der Waals surface area contributed by atoms with Crippen molar-refractivity contribution in [3.8, 4) is 12.3 Å². The van der Waals surface area contributed by atoms with E-state index in [0.29, 0.717) is 17.8 Å². The van der Waals surface area contributed by atoms with Crippen molar-refractivity contribution in [2.75, 3.05) is 38.0 Å². The fraction of sp³-hybridized carbons (Fsp3) is 0.524. The van der Waals surface area contributed by atoms with Crippen LogP contribution in [0, 0.1) is 24.2 Å². The molecule has 1 aliphatic rings. The lowest BCUT2D eigenvalue weighted by atomic mass is 9.92. The highest BCUT2D eigenvalue weighted by molar-refractivity contribution is 5.94. The van der Waals surface area contributed by atoms with Gasteiger partial charge in [-0.2, -0.15) is 0 Å². The summed E-state index contributed by atoms with van der Waals surface area (Å²) in [7, 11) is 0. The minimum absolute atomic E-state index is 0.0900. The van der Waals surface area contributed by atoms with Crippen LogP contribution in [-0.2, 0) is 4.79 Å². The van der Waals surface area contributed by atoms with E-state index in [-0.39, 0.29) is 18.5 Å². The number of carbonyl (C=O) groups is 2. The van der Waals surface area contributed by atoms with Gasteiger partial charge in [0.2, 0.25) is 5.91 Å². The maximum absolute atomic E-state index is 11.9. The van der Waals surface area contributed by atoms with Gasteiger partial charge < -0.3 is 20.9 Å². The van der Waals surface area contributed by atoms with Crippen LogP contribution in [-0.4, -0.2) is 49.6 Å². The van der Waals surface area contributed by atoms with E-state index in [2.05, 4.69) is 40.6 Å². The summed E-state index contributed by atoms with van der Waals surface area (Å²) in [4.78, 5) is 26.2. The predicted octanol–water partition coefficient (Wildman–Crippen LogP) is 2.27. The molecule has 6 nitrogen and oxygen atoms in total. The molecule has 2 unspecified atom stereocenters. The van der Waals surface area contributed by atoms with Gasteiger partial charge in [-0.1, -0.05) is 25.8 Å². The normalized spacial score (nSPS) is 19.7. The first-order valence-corrected chi connectivity index (χ1v) is 9.57. The highest BCUT2D eigenvalue weighted by Gasteiger charge is 2.21. The van der Waals surface area contributed by atoms with Crippen molar-refractivity contribution < 1.29 is 9.59 Å². The topological polar surface area (TPSA) is 73.5 Å². The van der Waals surface area contributed by atoms with Gasteiger partial charge in [0.1, 0.15) is 0 Å². The number of carbonyl (C=O) groups excluding carboxylic acids is 2. The molecule has 0 aliphatic carbocycles. The summed E-state index contributed by atoms with van der Waals surface area (Å²) in [6.07, 6.45) is 7.53. The first-order valence-electron chi connectivity index (χ1n) is 9.57. The Balaban J connectivity index is 1.59. The highest BCUT2D eigenvalue weighted by Crippen LogP contribution is 2.20. The van der Waals surface area contributed by atoms with Gasteiger partial charge in [0.05, 0.1) is 6.54 Å². The number of benzene rings is 1. The molecule has 1 heterocycles. The van der Waals surface area contributed by atoms with Gasteiger partial charge in [0.15, 0.2) is 0 Å². The second kappa shape index (κ2) is 10.6. The molecule has 146 valence electrons. The van der Waals surface area contributed by atoms with Gasteiger partial charge in [0.25, 0.3) is 0 Å². The van der Waals surface area contributed by atoms with Crippen LogP contribution in [0.15, 0.2) is 24.3 Å². The number of likely N-dealkylation sites (tertiary alicyclic amines) is 1. The average Bonchev–Trinajstić information content (AvgIpc) is 2.63. The maximum Gasteiger partial charge on any atom is 0.315 e. The largest absolute Gasteiger partial charge is 0.338 e. The van der Waals surface area contributed by atoms with Crippen LogP contribution < -0.4 is 16.0 Å². The SMILES string of the molecule is C#Cc1cccc(NC(=O)CNC(=O)NCCCN2CC(C)CC(C)C2)c1. The van der Waals surface area contributed by atoms with E-state index in [0.717, 1.165) is 37.9 Å². The molecule has 0 bridgehead atoms. The van der Waals surface area contributed by atoms with Crippen LogP contribution in [0.25, 0.3) is 0 Å². The number of nitrogens with zero attached hydrogens (tertiary/aromatic N) is 1. The van der Waals surface area contributed by atoms with Crippen molar-refractivity contribution in [3.63, 3.8) is 0 Å². The summed E-state index contributed by atoms with van der Waals surface area (Å²) in [5, 5.41) is 8.07. The summed E-state index contributed by atoms with van der Waals surface area (Å²) < 4.78 is 0. The molecular formula is C21H30N4O2. The molecule has 1 aromatic carbocycles. The van der Waals surface area contributed by atoms with Gasteiger partial charge in [-0.05, 0) is 49.4 Å². The fourth-order valence-corrected chi connectivity index (χ4v) is 3.59. The number of amides is 3. The van der Waals surface area contributed by atoms with Crippen molar-refractivity contribution >= 4 is 17.6 Å². The third-order valence-electron chi connectivity index (χ3n) is 4.60. The molecule has 0 radical (unpaired) electrons. The lowest BCUT2D eigenvalue weighted by Gasteiger charge is -2.34. The van der Waals surface area contributed by atoms with E-state index in [4.69, 9.17) is 6.42 Å². The van der Waals surface area contributed by atoms with Crippen molar-refractivity contribution in [2.45, 2.75) is 26.7 Å². The Hall–Kier alpha value is -2.52. The number of nitrogens with one attached hydrogen (secondary N) is 3. The number of terminal acetylenes is 1. The van der Waals surface area contributed by atoms with Gasteiger partial charge in [0, 0.05) is 30.9 Å². The number of piperidine rings is 1. The van der Waals surface area contributed by atoms with E-state index in [1.54, 1.807) is 24.3 Å². The lowest BCUT2D eigenvalue weighted by Crippen LogP contribution is -2.42. The number of urea groups is 1. The molecule has 0 aromatic heterocycles. The van der Waals surface area contributed by atoms with E-state index < -0.39 is 0 Å². The standard InChI is InChI=1S/C21H30N4O2/c1-4-18-7-5-8-19(12-18)24-20(26)13-23-21(27)22-9-6-10-25-14-16(2)11-17(3)15-25/h1,5,7-8,12,16-17H,6,9-11,13-15H2,2-3H3,(H,24,26)(H2,22,23,27). The highest BCUT2D eigenvalue weighted by atomic mass is 16.2. The number of rotatable bonds is 7. The minimum Gasteiger partial charge on any atom is -0.338 e. The first-order chi connectivity index (χ1) is 13.0. The molecule has 2 atom stereocenters. The number of anilines is 1. The maximum atomic E-state index is 11.9. The summed E-state index contributed by atoms with van der Waals surface area (Å²) >= 11 is 0. The molecule has 0 saturated carbocycles. The molecule has 3 amide bonds. The molecule has 1 aliphatic heterocycles. The molecule has 2 rings (SSSR count). The Morgan fingerprint density at radius 2 is 1.96 bits per heavy atom. The molecule has 3 N–H and O–H groups in total. The minimum atomic E-state index is -0.331. The van der Waals surface area contributed by atoms with Crippen LogP contribution in [0.5, 0.6) is 0 Å². The smallest absolute Gasteiger partial charge is 0.315 e. The van der Waals surface area contributed by atoms with E-state index in [9.17, 15) is 9.59 Å². The summed E-state index contributed by atoms with van der Waals surface area (Å²) in [5.74, 6) is 3.70. The van der Waals surface area contributed by atoms with Gasteiger partial charge in [-0.25, -0.2) is 4.79 Å². The Bertz CT molecular complexity index is 673. The molecule has 1 fully saturated rings. The van der Waals surface area contributed by atoms with E-state index in [1.165, 1.54) is 6.42 Å². The lowest BCUT2D eigenvalue weighted by molar-refractivity contribution is -0.115. The van der Waals surface area contributed by atoms with Crippen LogP contribution in [0.2, 0.25) is 0 Å². The van der Waals surface area contributed by atoms with Crippen molar-refractivity contribution in [3.05, 3.63) is 29.8 Å². The first kappa shape index (κ1) is 20.8. The van der Waals surface area contributed by atoms with Crippen molar-refractivity contribution in [2.24, 2.45) is 11.8 Å². The van der Waals surface area contributed by atoms with Crippen molar-refractivity contribution in [1.29, 1.82) is 0 Å². The summed E-state index contributed by atoms with van der Waals surface area (Å²) in [6, 6.07) is 6.69. The average molecular weight is 370 g/mol. The monoisotopic (exact) mass is 370 g/mol. The third-order valence-corrected chi connectivity index (χ3v) is 4.60. The molecular weight excluding hydrogens is 340 g/mol. The summed E-state index contributed by atoms with van der Waals surface area (Å²) in [5.41, 5.74) is 1.30. The quantitative estimate of drug-likeness (QED) is 0.509. The Morgan fingerprint density at radius 1 is 1.22 bits per heavy atom. The Morgan fingerprint density at radius 3 is 2.67 bits per heavy atom. The second-order valence-electron chi connectivity index (χ2n) is 7.44. The molecule has 1 aromatic rings. The fourth-order valence-electron chi connectivity index (χ4n) is 3.59. The van der Waals surface area contributed by atoms with E-state index >= 15 is 0 Å². The van der Waals surface area contributed by atoms with Crippen LogP contribution >= 0.6 is 0 Å². The van der Waals surface area contributed by atoms with Gasteiger partial charge >= 0.3 is 6.03 Å². The number of hydrogen-bond acceptors (Lipinski definition) is 3. The zero-order valence-corrected chi connectivity index (χ0v) is 16.3. The Kier molecular flexibility index (Phi) is 8.15. The zero-order chi connectivity index (χ0) is 19.6. The predicted molar refractivity (Wildman–Crippen MR) is 108 cm³/mol. The van der Waals surface area contributed by atoms with Crippen LogP contribution in [0.3, 0.4) is 0 Å². The van der Waals surface area contributed by atoms with Crippen LogP contribution in [0.4, 0.5) is 10.5 Å². The third kappa shape index (κ3) is 7.71. The zero-order valence-electron chi connectivity index (χ0n) is 16.3. The Labute approximate surface area is 162 Å². The summed E-state index contributed by atoms with van der Waals surface area (Å²) in [6.45, 7) is 8.35. The van der Waals surface area contributed by atoms with E-state index in [1.807, 2.05) is 0 Å². The molecule has 6 heteroatoms. The number of hydrogen-bond donors (Lipinski definition) is 3. The van der Waals surface area contributed by atoms with Gasteiger partial charge in [-0.3, -0.25) is 4.79 Å².